The number of ether oxygens (including phenoxy) is 2. The van der Waals surface area contributed by atoms with Crippen molar-refractivity contribution >= 4 is 22.7 Å². The number of aromatic nitrogens is 3. The third kappa shape index (κ3) is 4.90. The largest absolute Gasteiger partial charge is 0.493 e. The third-order valence-electron chi connectivity index (χ3n) is 4.30. The fraction of sp³-hybridized carbons (Fsp3) is 0.250. The normalized spacial score (nSPS) is 10.5. The fourth-order valence-corrected chi connectivity index (χ4v) is 2.75. The molecule has 0 aliphatic carbocycles. The Balaban J connectivity index is 1.61. The number of nitrogens with zero attached hydrogens (tertiary/aromatic N) is 3. The lowest BCUT2D eigenvalue weighted by Gasteiger charge is -2.11. The summed E-state index contributed by atoms with van der Waals surface area (Å²) >= 11 is 0. The van der Waals surface area contributed by atoms with Crippen LogP contribution in [0.1, 0.15) is 5.56 Å². The Bertz CT molecular complexity index is 1110. The minimum absolute atomic E-state index is 0.208. The Labute approximate surface area is 171 Å². The van der Waals surface area contributed by atoms with E-state index in [9.17, 15) is 14.4 Å². The van der Waals surface area contributed by atoms with Crippen LogP contribution in [-0.4, -0.2) is 47.1 Å². The van der Waals surface area contributed by atoms with Crippen LogP contribution in [0.15, 0.2) is 47.8 Å². The summed E-state index contributed by atoms with van der Waals surface area (Å²) < 4.78 is 11.6. The van der Waals surface area contributed by atoms with Gasteiger partial charge in [0.15, 0.2) is 11.5 Å². The van der Waals surface area contributed by atoms with Gasteiger partial charge in [-0.2, -0.15) is 0 Å². The number of hydrogen-bond donors (Lipinski definition) is 2. The molecule has 30 heavy (non-hydrogen) atoms. The van der Waals surface area contributed by atoms with E-state index in [1.807, 2.05) is 6.07 Å². The van der Waals surface area contributed by atoms with Gasteiger partial charge in [0.1, 0.15) is 6.54 Å². The number of benzene rings is 1. The highest BCUT2D eigenvalue weighted by molar-refractivity contribution is 5.85. The van der Waals surface area contributed by atoms with Crippen molar-refractivity contribution in [2.75, 3.05) is 20.8 Å². The zero-order valence-electron chi connectivity index (χ0n) is 16.5. The van der Waals surface area contributed by atoms with Crippen LogP contribution in [0.25, 0.3) is 10.9 Å². The number of rotatable bonds is 8. The molecule has 0 aliphatic heterocycles. The van der Waals surface area contributed by atoms with Crippen LogP contribution in [0.2, 0.25) is 0 Å². The number of pyridine rings is 1. The van der Waals surface area contributed by atoms with Gasteiger partial charge in [-0.25, -0.2) is 4.98 Å². The number of methoxy groups -OCH3 is 2. The summed E-state index contributed by atoms with van der Waals surface area (Å²) in [5.41, 5.74) is 0.860. The summed E-state index contributed by atoms with van der Waals surface area (Å²) in [5, 5.41) is 5.45. The predicted octanol–water partition coefficient (Wildman–Crippen LogP) is 0.241. The number of carbonyl (C=O) groups is 2. The van der Waals surface area contributed by atoms with E-state index in [0.717, 1.165) is 10.1 Å². The first kappa shape index (κ1) is 20.8. The summed E-state index contributed by atoms with van der Waals surface area (Å²) in [7, 11) is 2.95. The first-order valence-corrected chi connectivity index (χ1v) is 9.05. The molecular weight excluding hydrogens is 390 g/mol. The van der Waals surface area contributed by atoms with E-state index < -0.39 is 11.5 Å². The molecule has 0 saturated heterocycles. The number of hydrogen-bond acceptors (Lipinski definition) is 7. The Morgan fingerprint density at radius 1 is 1.10 bits per heavy atom. The second-order valence-corrected chi connectivity index (χ2v) is 6.32. The molecule has 0 radical (unpaired) electrons. The Morgan fingerprint density at radius 2 is 1.87 bits per heavy atom. The standard InChI is InChI=1S/C20H21N5O5/c1-29-16-6-14-15(7-17(16)30-2)24-12-25(20(14)28)11-19(27)23-10-18(26)22-9-13-4-3-5-21-8-13/h3-8,12H,9-11H2,1-2H3,(H,22,26)(H,23,27). The topological polar surface area (TPSA) is 124 Å². The van der Waals surface area contributed by atoms with Crippen LogP contribution >= 0.6 is 0 Å². The molecule has 0 fully saturated rings. The van der Waals surface area contributed by atoms with Gasteiger partial charge in [0.2, 0.25) is 11.8 Å². The van der Waals surface area contributed by atoms with Crippen molar-refractivity contribution in [3.05, 3.63) is 58.9 Å². The molecule has 2 amide bonds. The van der Waals surface area contributed by atoms with Crippen molar-refractivity contribution in [2.45, 2.75) is 13.1 Å². The highest BCUT2D eigenvalue weighted by Crippen LogP contribution is 2.29. The summed E-state index contributed by atoms with van der Waals surface area (Å²) in [6.45, 7) is -0.173. The lowest BCUT2D eigenvalue weighted by molar-refractivity contribution is -0.126. The van der Waals surface area contributed by atoms with E-state index in [4.69, 9.17) is 9.47 Å². The molecule has 3 rings (SSSR count). The number of nitrogens with one attached hydrogen (secondary N) is 2. The van der Waals surface area contributed by atoms with Crippen LogP contribution in [0, 0.1) is 0 Å². The van der Waals surface area contributed by atoms with Gasteiger partial charge in [-0.1, -0.05) is 6.07 Å². The average molecular weight is 411 g/mol. The number of fused-ring (bicyclic) bond motifs is 1. The summed E-state index contributed by atoms with van der Waals surface area (Å²) in [6, 6.07) is 6.70. The maximum absolute atomic E-state index is 12.7. The molecule has 0 bridgehead atoms. The zero-order chi connectivity index (χ0) is 21.5. The molecular formula is C20H21N5O5. The van der Waals surface area contributed by atoms with E-state index in [1.54, 1.807) is 24.5 Å². The Morgan fingerprint density at radius 3 is 2.57 bits per heavy atom. The van der Waals surface area contributed by atoms with Crippen LogP contribution in [0.4, 0.5) is 0 Å². The lowest BCUT2D eigenvalue weighted by atomic mass is 10.2. The predicted molar refractivity (Wildman–Crippen MR) is 108 cm³/mol. The van der Waals surface area contributed by atoms with E-state index in [0.29, 0.717) is 23.6 Å². The molecule has 3 aromatic rings. The fourth-order valence-electron chi connectivity index (χ4n) is 2.75. The smallest absolute Gasteiger partial charge is 0.261 e. The molecule has 2 heterocycles. The van der Waals surface area contributed by atoms with Gasteiger partial charge in [0.05, 0.1) is 38.0 Å². The van der Waals surface area contributed by atoms with Gasteiger partial charge in [-0.05, 0) is 17.7 Å². The molecule has 0 aliphatic rings. The quantitative estimate of drug-likeness (QED) is 0.544. The minimum Gasteiger partial charge on any atom is -0.493 e. The molecule has 10 nitrogen and oxygen atoms in total. The van der Waals surface area contributed by atoms with Crippen molar-refractivity contribution in [3.8, 4) is 11.5 Å². The SMILES string of the molecule is COc1cc2ncn(CC(=O)NCC(=O)NCc3cccnc3)c(=O)c2cc1OC. The van der Waals surface area contributed by atoms with Crippen LogP contribution in [0.5, 0.6) is 11.5 Å². The highest BCUT2D eigenvalue weighted by atomic mass is 16.5. The molecule has 0 atom stereocenters. The first-order chi connectivity index (χ1) is 14.5. The van der Waals surface area contributed by atoms with Gasteiger partial charge in [-0.3, -0.25) is 23.9 Å². The molecule has 0 spiro atoms. The van der Waals surface area contributed by atoms with Gasteiger partial charge >= 0.3 is 0 Å². The second kappa shape index (κ2) is 9.50. The van der Waals surface area contributed by atoms with Crippen molar-refractivity contribution in [1.82, 2.24) is 25.2 Å². The lowest BCUT2D eigenvalue weighted by Crippen LogP contribution is -2.39. The Kier molecular flexibility index (Phi) is 6.58. The minimum atomic E-state index is -0.491. The molecule has 2 N–H and O–H groups in total. The summed E-state index contributed by atoms with van der Waals surface area (Å²) in [6.07, 6.45) is 4.56. The molecule has 156 valence electrons. The number of amides is 2. The maximum Gasteiger partial charge on any atom is 0.261 e. The molecule has 10 heteroatoms. The van der Waals surface area contributed by atoms with Gasteiger partial charge in [0, 0.05) is 25.0 Å². The van der Waals surface area contributed by atoms with Crippen LogP contribution < -0.4 is 25.7 Å². The van der Waals surface area contributed by atoms with Crippen molar-refractivity contribution in [3.63, 3.8) is 0 Å². The number of carbonyl (C=O) groups excluding carboxylic acids is 2. The van der Waals surface area contributed by atoms with Crippen LogP contribution in [-0.2, 0) is 22.7 Å². The average Bonchev–Trinajstić information content (AvgIpc) is 2.78. The van der Waals surface area contributed by atoms with Gasteiger partial charge < -0.3 is 20.1 Å². The highest BCUT2D eigenvalue weighted by Gasteiger charge is 2.13. The van der Waals surface area contributed by atoms with E-state index >= 15 is 0 Å². The second-order valence-electron chi connectivity index (χ2n) is 6.32. The molecule has 1 aromatic carbocycles. The van der Waals surface area contributed by atoms with Crippen molar-refractivity contribution in [1.29, 1.82) is 0 Å². The van der Waals surface area contributed by atoms with Gasteiger partial charge in [0.25, 0.3) is 5.56 Å². The van der Waals surface area contributed by atoms with Gasteiger partial charge in [-0.15, -0.1) is 0 Å². The monoisotopic (exact) mass is 411 g/mol. The Hall–Kier alpha value is -3.95. The van der Waals surface area contributed by atoms with E-state index in [2.05, 4.69) is 20.6 Å². The zero-order valence-corrected chi connectivity index (χ0v) is 16.5. The molecule has 0 unspecified atom stereocenters. The third-order valence-corrected chi connectivity index (χ3v) is 4.30. The molecule has 2 aromatic heterocycles. The maximum atomic E-state index is 12.7. The first-order valence-electron chi connectivity index (χ1n) is 9.05. The van der Waals surface area contributed by atoms with E-state index in [1.165, 1.54) is 26.6 Å². The van der Waals surface area contributed by atoms with Crippen molar-refractivity contribution in [2.24, 2.45) is 0 Å². The van der Waals surface area contributed by atoms with Crippen molar-refractivity contribution < 1.29 is 19.1 Å². The molecule has 0 saturated carbocycles. The van der Waals surface area contributed by atoms with Crippen LogP contribution in [0.3, 0.4) is 0 Å². The summed E-state index contributed by atoms with van der Waals surface area (Å²) in [4.78, 5) is 44.9. The summed E-state index contributed by atoms with van der Waals surface area (Å²) in [5.74, 6) is -0.00986. The van der Waals surface area contributed by atoms with E-state index in [-0.39, 0.29) is 24.4 Å².